The Morgan fingerprint density at radius 2 is 1.50 bits per heavy atom. The number of hydrogen-bond donors (Lipinski definition) is 1. The SMILES string of the molecule is CCCC(CCC)C(/C=C(Cl)\C(=C/CN)C(CC)CC)CC. The van der Waals surface area contributed by atoms with Gasteiger partial charge < -0.3 is 5.73 Å². The first-order valence-corrected chi connectivity index (χ1v) is 9.74. The van der Waals surface area contributed by atoms with Gasteiger partial charge in [-0.2, -0.15) is 0 Å². The minimum atomic E-state index is 0.528. The zero-order valence-corrected chi connectivity index (χ0v) is 16.3. The van der Waals surface area contributed by atoms with E-state index in [1.807, 2.05) is 0 Å². The van der Waals surface area contributed by atoms with Gasteiger partial charge in [-0.3, -0.25) is 0 Å². The highest BCUT2D eigenvalue weighted by Crippen LogP contribution is 2.33. The largest absolute Gasteiger partial charge is 0.327 e. The van der Waals surface area contributed by atoms with Gasteiger partial charge in [0.05, 0.1) is 0 Å². The average Bonchev–Trinajstić information content (AvgIpc) is 2.52. The monoisotopic (exact) mass is 327 g/mol. The molecule has 0 amide bonds. The molecule has 0 aliphatic heterocycles. The first-order valence-electron chi connectivity index (χ1n) is 9.36. The highest BCUT2D eigenvalue weighted by molar-refractivity contribution is 6.32. The van der Waals surface area contributed by atoms with Crippen molar-refractivity contribution in [2.24, 2.45) is 23.5 Å². The molecule has 1 unspecified atom stereocenters. The predicted octanol–water partition coefficient (Wildman–Crippen LogP) is 6.67. The number of allylic oxidation sites excluding steroid dienone is 3. The zero-order chi connectivity index (χ0) is 17.0. The lowest BCUT2D eigenvalue weighted by molar-refractivity contribution is 0.331. The molecule has 0 radical (unpaired) electrons. The van der Waals surface area contributed by atoms with Crippen LogP contribution in [0.5, 0.6) is 0 Å². The first kappa shape index (κ1) is 21.7. The molecule has 130 valence electrons. The maximum absolute atomic E-state index is 6.73. The van der Waals surface area contributed by atoms with E-state index in [0.717, 1.165) is 23.8 Å². The van der Waals surface area contributed by atoms with E-state index < -0.39 is 0 Å². The number of halogens is 1. The summed E-state index contributed by atoms with van der Waals surface area (Å²) in [5, 5.41) is 0.947. The molecule has 0 aliphatic carbocycles. The predicted molar refractivity (Wildman–Crippen MR) is 102 cm³/mol. The Labute approximate surface area is 144 Å². The normalized spacial score (nSPS) is 15.0. The highest BCUT2D eigenvalue weighted by Gasteiger charge is 2.19. The standard InChI is InChI=1S/C20H38ClN/c1-6-11-18(12-7-2)17(10-5)15-20(21)19(13-14-22)16(8-3)9-4/h13,15-18H,6-12,14,22H2,1-5H3/b19-13-,20-15+. The Bertz CT molecular complexity index is 323. The van der Waals surface area contributed by atoms with Gasteiger partial charge in [0.15, 0.2) is 0 Å². The molecule has 0 aliphatic rings. The molecule has 2 N–H and O–H groups in total. The molecule has 0 rings (SSSR count). The average molecular weight is 328 g/mol. The third-order valence-electron chi connectivity index (χ3n) is 4.80. The summed E-state index contributed by atoms with van der Waals surface area (Å²) < 4.78 is 0. The van der Waals surface area contributed by atoms with Crippen LogP contribution in [0, 0.1) is 17.8 Å². The van der Waals surface area contributed by atoms with E-state index in [0.29, 0.717) is 18.4 Å². The van der Waals surface area contributed by atoms with E-state index in [9.17, 15) is 0 Å². The van der Waals surface area contributed by atoms with Crippen molar-refractivity contribution < 1.29 is 0 Å². The van der Waals surface area contributed by atoms with Gasteiger partial charge in [0, 0.05) is 11.6 Å². The Morgan fingerprint density at radius 1 is 0.955 bits per heavy atom. The Morgan fingerprint density at radius 3 is 1.86 bits per heavy atom. The van der Waals surface area contributed by atoms with Crippen LogP contribution in [0.4, 0.5) is 0 Å². The maximum atomic E-state index is 6.73. The topological polar surface area (TPSA) is 26.0 Å². The minimum absolute atomic E-state index is 0.528. The number of rotatable bonds is 12. The van der Waals surface area contributed by atoms with Crippen molar-refractivity contribution in [1.29, 1.82) is 0 Å². The summed E-state index contributed by atoms with van der Waals surface area (Å²) in [6, 6.07) is 0. The van der Waals surface area contributed by atoms with Crippen molar-refractivity contribution >= 4 is 11.6 Å². The fourth-order valence-corrected chi connectivity index (χ4v) is 3.89. The number of nitrogens with two attached hydrogens (primary N) is 1. The lowest BCUT2D eigenvalue weighted by Crippen LogP contribution is -2.13. The van der Waals surface area contributed by atoms with Crippen molar-refractivity contribution in [2.75, 3.05) is 6.54 Å². The molecule has 22 heavy (non-hydrogen) atoms. The molecule has 0 saturated heterocycles. The Kier molecular flexibility index (Phi) is 13.0. The molecular formula is C20H38ClN. The molecule has 0 fully saturated rings. The van der Waals surface area contributed by atoms with Crippen LogP contribution in [0.25, 0.3) is 0 Å². The summed E-state index contributed by atoms with van der Waals surface area (Å²) in [6.07, 6.45) is 13.0. The summed E-state index contributed by atoms with van der Waals surface area (Å²) in [7, 11) is 0. The molecule has 0 saturated carbocycles. The van der Waals surface area contributed by atoms with Crippen LogP contribution in [0.15, 0.2) is 22.8 Å². The van der Waals surface area contributed by atoms with E-state index in [2.05, 4.69) is 46.8 Å². The van der Waals surface area contributed by atoms with Gasteiger partial charge in [0.25, 0.3) is 0 Å². The summed E-state index contributed by atoms with van der Waals surface area (Å²) in [4.78, 5) is 0. The Balaban J connectivity index is 5.32. The van der Waals surface area contributed by atoms with E-state index in [4.69, 9.17) is 17.3 Å². The fraction of sp³-hybridized carbons (Fsp3) is 0.800. The molecule has 1 atom stereocenters. The second-order valence-electron chi connectivity index (χ2n) is 6.33. The zero-order valence-electron chi connectivity index (χ0n) is 15.5. The van der Waals surface area contributed by atoms with Crippen molar-refractivity contribution in [3.05, 3.63) is 22.8 Å². The van der Waals surface area contributed by atoms with Crippen LogP contribution in [-0.4, -0.2) is 6.54 Å². The molecule has 0 heterocycles. The van der Waals surface area contributed by atoms with Crippen LogP contribution in [-0.2, 0) is 0 Å². The number of hydrogen-bond acceptors (Lipinski definition) is 1. The van der Waals surface area contributed by atoms with Crippen molar-refractivity contribution in [3.8, 4) is 0 Å². The molecule has 0 aromatic heterocycles. The van der Waals surface area contributed by atoms with Gasteiger partial charge in [0.1, 0.15) is 0 Å². The minimum Gasteiger partial charge on any atom is -0.327 e. The first-order chi connectivity index (χ1) is 10.6. The third kappa shape index (κ3) is 7.33. The second-order valence-corrected chi connectivity index (χ2v) is 6.74. The van der Waals surface area contributed by atoms with Crippen molar-refractivity contribution in [1.82, 2.24) is 0 Å². The van der Waals surface area contributed by atoms with Gasteiger partial charge in [-0.05, 0) is 42.6 Å². The summed E-state index contributed by atoms with van der Waals surface area (Å²) in [6.45, 7) is 11.9. The highest BCUT2D eigenvalue weighted by atomic mass is 35.5. The smallest absolute Gasteiger partial charge is 0.0401 e. The van der Waals surface area contributed by atoms with Crippen LogP contribution < -0.4 is 5.73 Å². The Hall–Kier alpha value is -0.270. The molecule has 0 aromatic carbocycles. The van der Waals surface area contributed by atoms with E-state index >= 15 is 0 Å². The van der Waals surface area contributed by atoms with Gasteiger partial charge >= 0.3 is 0 Å². The van der Waals surface area contributed by atoms with Gasteiger partial charge in [-0.15, -0.1) is 0 Å². The molecule has 1 nitrogen and oxygen atoms in total. The molecule has 2 heteroatoms. The van der Waals surface area contributed by atoms with Crippen molar-refractivity contribution in [3.63, 3.8) is 0 Å². The maximum Gasteiger partial charge on any atom is 0.0401 e. The van der Waals surface area contributed by atoms with Crippen LogP contribution in [0.3, 0.4) is 0 Å². The summed E-state index contributed by atoms with van der Waals surface area (Å²) in [5.74, 6) is 1.87. The van der Waals surface area contributed by atoms with E-state index in [-0.39, 0.29) is 0 Å². The summed E-state index contributed by atoms with van der Waals surface area (Å²) in [5.41, 5.74) is 7.03. The lowest BCUT2D eigenvalue weighted by Gasteiger charge is -2.25. The molecule has 0 bridgehead atoms. The van der Waals surface area contributed by atoms with Gasteiger partial charge in [-0.1, -0.05) is 84.1 Å². The third-order valence-corrected chi connectivity index (χ3v) is 5.14. The molecule has 0 aromatic rings. The van der Waals surface area contributed by atoms with Gasteiger partial charge in [-0.25, -0.2) is 0 Å². The fourth-order valence-electron chi connectivity index (χ4n) is 3.50. The summed E-state index contributed by atoms with van der Waals surface area (Å²) >= 11 is 6.73. The van der Waals surface area contributed by atoms with Crippen LogP contribution >= 0.6 is 11.6 Å². The molecule has 0 spiro atoms. The van der Waals surface area contributed by atoms with Crippen LogP contribution in [0.2, 0.25) is 0 Å². The van der Waals surface area contributed by atoms with E-state index in [1.165, 1.54) is 37.7 Å². The lowest BCUT2D eigenvalue weighted by atomic mass is 9.82. The van der Waals surface area contributed by atoms with Gasteiger partial charge in [0.2, 0.25) is 0 Å². The quantitative estimate of drug-likeness (QED) is 0.398. The van der Waals surface area contributed by atoms with Crippen molar-refractivity contribution in [2.45, 2.75) is 79.6 Å². The van der Waals surface area contributed by atoms with Crippen LogP contribution in [0.1, 0.15) is 79.6 Å². The second kappa shape index (κ2) is 13.2. The molecular weight excluding hydrogens is 290 g/mol. The van der Waals surface area contributed by atoms with E-state index in [1.54, 1.807) is 0 Å².